The molecule has 0 fully saturated rings. The average molecular weight is 1120 g/mol. The number of phosphoric ester groups is 2. The van der Waals surface area contributed by atoms with E-state index in [4.69, 9.17) is 66.4 Å². The van der Waals surface area contributed by atoms with Crippen LogP contribution >= 0.6 is 15.6 Å². The number of hydrogen-bond acceptors (Lipinski definition) is 23. The first-order chi connectivity index (χ1) is 34.7. The number of amides is 3. The number of esters is 4. The van der Waals surface area contributed by atoms with Gasteiger partial charge in [-0.15, -0.1) is 13.2 Å². The average Bonchev–Trinajstić information content (AvgIpc) is 3.25. The summed E-state index contributed by atoms with van der Waals surface area (Å²) in [6, 6.07) is -1.26. The molecule has 6 atom stereocenters. The Balaban J connectivity index is -0.00000118. The Morgan fingerprint density at radius 2 is 0.973 bits per heavy atom. The molecule has 0 radical (unpaired) electrons. The van der Waals surface area contributed by atoms with E-state index in [2.05, 4.69) is 29.1 Å². The summed E-state index contributed by atoms with van der Waals surface area (Å²) in [5.74, 6) is -4.56. The molecule has 0 heterocycles. The number of nitrogens with two attached hydrogens (primary N) is 1. The highest BCUT2D eigenvalue weighted by molar-refractivity contribution is 7.48. The second-order valence-corrected chi connectivity index (χ2v) is 21.1. The van der Waals surface area contributed by atoms with Gasteiger partial charge in [-0.2, -0.15) is 0 Å². The van der Waals surface area contributed by atoms with E-state index < -0.39 is 81.6 Å². The van der Waals surface area contributed by atoms with Crippen molar-refractivity contribution in [3.05, 3.63) is 25.3 Å². The number of nitrogens with one attached hydrogen (secondary N) is 3. The Kier molecular flexibility index (Phi) is 41.3. The van der Waals surface area contributed by atoms with Crippen LogP contribution in [0.25, 0.3) is 0 Å². The minimum atomic E-state index is -4.10. The van der Waals surface area contributed by atoms with Gasteiger partial charge in [0.1, 0.15) is 36.3 Å². The summed E-state index contributed by atoms with van der Waals surface area (Å²) in [6.45, 7) is 25.7. The number of carbonyl (C=O) groups excluding carboxylic acids is 7. The van der Waals surface area contributed by atoms with Crippen molar-refractivity contribution in [3.8, 4) is 0 Å². The molecule has 6 N–H and O–H groups in total. The second-order valence-electron chi connectivity index (χ2n) is 17.7. The molecule has 0 saturated heterocycles. The van der Waals surface area contributed by atoms with Crippen molar-refractivity contribution < 1.29 is 108 Å². The maximum atomic E-state index is 13.0. The number of carbonyl (C=O) groups is 8. The lowest BCUT2D eigenvalue weighted by Gasteiger charge is -2.22. The zero-order chi connectivity index (χ0) is 58.3. The molecule has 27 nitrogen and oxygen atoms in total. The van der Waals surface area contributed by atoms with Crippen LogP contribution in [0.2, 0.25) is 0 Å². The van der Waals surface area contributed by atoms with E-state index in [0.717, 1.165) is 0 Å². The van der Waals surface area contributed by atoms with Gasteiger partial charge in [-0.3, -0.25) is 65.5 Å². The second kappa shape index (κ2) is 41.5. The predicted molar refractivity (Wildman–Crippen MR) is 270 cm³/mol. The van der Waals surface area contributed by atoms with Crippen molar-refractivity contribution in [2.24, 2.45) is 5.73 Å². The molecular formula is C46H84N4O23P2. The first-order valence-corrected chi connectivity index (χ1v) is 26.6. The molecule has 0 aliphatic rings. The third-order valence-corrected chi connectivity index (χ3v) is 10.4. The van der Waals surface area contributed by atoms with Gasteiger partial charge in [0, 0.05) is 53.6 Å². The maximum absolute atomic E-state index is 13.0. The monoisotopic (exact) mass is 1120 g/mol. The Labute approximate surface area is 440 Å². The van der Waals surface area contributed by atoms with Gasteiger partial charge < -0.3 is 55.2 Å². The standard InChI is InChI=1S/C23H41N2O11P.C16H31N2O8P.C7H12O4/c1-8-11-32-37(30,33-13-10-24-21(28)14-22(29)36-23(5,6)7)34-16-20(25-18(3)26)15-31-12-9-17(2)35-19(4)27;1-5-8-23-27(21,24-10-7-17)25-12-16(18-14(3)19)11-22-9-6-13(2)26-15(4)20;1-7(2,3)11-6(10)4-5(8)9/h8,17,20H,1,9-16H2,2-7H3,(H,24,28)(H,25,26);5,13,16H,1,6-12,17H2,2-4H3,(H,18,19);4H2,1-3H3,(H,8,9)/t17-,20-,37?;13-,16-,27?;/m11./s1. The van der Waals surface area contributed by atoms with Gasteiger partial charge in [0.25, 0.3) is 0 Å². The van der Waals surface area contributed by atoms with Crippen LogP contribution in [0.1, 0.15) is 109 Å². The van der Waals surface area contributed by atoms with Crippen molar-refractivity contribution >= 4 is 63.2 Å². The largest absolute Gasteiger partial charge is 0.481 e. The van der Waals surface area contributed by atoms with Gasteiger partial charge in [-0.05, 0) is 55.4 Å². The molecule has 0 aliphatic heterocycles. The molecule has 0 bridgehead atoms. The number of carboxylic acid groups (broad SMARTS) is 1. The highest BCUT2D eigenvalue weighted by Crippen LogP contribution is 2.50. The van der Waals surface area contributed by atoms with Gasteiger partial charge in [-0.25, -0.2) is 9.13 Å². The topological polar surface area (TPSA) is 364 Å². The highest BCUT2D eigenvalue weighted by Gasteiger charge is 2.30. The van der Waals surface area contributed by atoms with E-state index in [1.165, 1.54) is 39.8 Å². The number of rotatable bonds is 37. The molecule has 436 valence electrons. The smallest absolute Gasteiger partial charge is 0.475 e. The third-order valence-electron chi connectivity index (χ3n) is 7.57. The van der Waals surface area contributed by atoms with E-state index in [9.17, 15) is 47.5 Å². The summed E-state index contributed by atoms with van der Waals surface area (Å²) < 4.78 is 87.4. The lowest BCUT2D eigenvalue weighted by atomic mass is 10.2. The van der Waals surface area contributed by atoms with Crippen LogP contribution in [-0.4, -0.2) is 167 Å². The maximum Gasteiger partial charge on any atom is 0.475 e. The molecule has 29 heteroatoms. The minimum absolute atomic E-state index is 0.0102. The van der Waals surface area contributed by atoms with E-state index in [-0.39, 0.29) is 103 Å². The molecule has 0 aromatic rings. The number of hydrogen-bond donors (Lipinski definition) is 5. The molecular weight excluding hydrogens is 1040 g/mol. The van der Waals surface area contributed by atoms with Crippen LogP contribution in [0.15, 0.2) is 25.3 Å². The van der Waals surface area contributed by atoms with Gasteiger partial charge >= 0.3 is 45.5 Å². The summed E-state index contributed by atoms with van der Waals surface area (Å²) in [5, 5.41) is 15.9. The fourth-order valence-electron chi connectivity index (χ4n) is 4.93. The lowest BCUT2D eigenvalue weighted by molar-refractivity contribution is -0.160. The summed E-state index contributed by atoms with van der Waals surface area (Å²) in [5.41, 5.74) is 4.02. The van der Waals surface area contributed by atoms with Crippen LogP contribution in [0.5, 0.6) is 0 Å². The van der Waals surface area contributed by atoms with Crippen molar-refractivity contribution in [2.45, 2.75) is 144 Å². The van der Waals surface area contributed by atoms with Crippen LogP contribution in [0.4, 0.5) is 0 Å². The molecule has 0 aliphatic carbocycles. The summed E-state index contributed by atoms with van der Waals surface area (Å²) in [7, 11) is -7.93. The Bertz CT molecular complexity index is 1840. The molecule has 0 aromatic carbocycles. The van der Waals surface area contributed by atoms with Crippen molar-refractivity contribution in [3.63, 3.8) is 0 Å². The zero-order valence-corrected chi connectivity index (χ0v) is 47.4. The van der Waals surface area contributed by atoms with Crippen molar-refractivity contribution in [1.29, 1.82) is 0 Å². The normalized spacial score (nSPS) is 14.3. The fourth-order valence-corrected chi connectivity index (χ4v) is 7.32. The lowest BCUT2D eigenvalue weighted by Crippen LogP contribution is -2.40. The molecule has 0 saturated carbocycles. The molecule has 0 aromatic heterocycles. The summed E-state index contributed by atoms with van der Waals surface area (Å²) in [4.78, 5) is 89.0. The molecule has 75 heavy (non-hydrogen) atoms. The number of ether oxygens (including phenoxy) is 6. The predicted octanol–water partition coefficient (Wildman–Crippen LogP) is 4.00. The van der Waals surface area contributed by atoms with Crippen LogP contribution < -0.4 is 21.7 Å². The van der Waals surface area contributed by atoms with Gasteiger partial charge in [0.2, 0.25) is 17.7 Å². The Hall–Kier alpha value is -4.66. The molecule has 3 amide bonds. The number of aliphatic carboxylic acids is 1. The molecule has 0 rings (SSSR count). The number of carboxylic acids is 1. The van der Waals surface area contributed by atoms with E-state index in [1.54, 1.807) is 55.4 Å². The highest BCUT2D eigenvalue weighted by atomic mass is 31.2. The SMILES string of the molecule is C=CCOP(=O)(OCCN)OC[C@@H](COCC[C@@H](C)OC(C)=O)NC(C)=O.C=CCOP(=O)(OCCNC(=O)CC(=O)OC(C)(C)C)OC[C@@H](COCC[C@@H](C)OC(C)=O)NC(C)=O.CC(C)(C)OC(=O)CC(=O)O. The van der Waals surface area contributed by atoms with Gasteiger partial charge in [-0.1, -0.05) is 12.2 Å². The summed E-state index contributed by atoms with van der Waals surface area (Å²) >= 11 is 0. The summed E-state index contributed by atoms with van der Waals surface area (Å²) in [6.07, 6.45) is 2.02. The number of phosphoric acid groups is 2. The van der Waals surface area contributed by atoms with Crippen molar-refractivity contribution in [1.82, 2.24) is 16.0 Å². The van der Waals surface area contributed by atoms with Gasteiger partial charge in [0.05, 0.1) is 78.2 Å². The minimum Gasteiger partial charge on any atom is -0.481 e. The first kappa shape index (κ1) is 74.6. The quantitative estimate of drug-likeness (QED) is 0.0147. The third kappa shape index (κ3) is 51.2. The van der Waals surface area contributed by atoms with Crippen LogP contribution in [0.3, 0.4) is 0 Å². The van der Waals surface area contributed by atoms with E-state index in [1.807, 2.05) is 0 Å². The molecule has 2 unspecified atom stereocenters. The van der Waals surface area contributed by atoms with Crippen molar-refractivity contribution in [2.75, 3.05) is 79.2 Å². The van der Waals surface area contributed by atoms with Crippen LogP contribution in [0, 0.1) is 0 Å². The van der Waals surface area contributed by atoms with Gasteiger partial charge in [0.15, 0.2) is 0 Å². The van der Waals surface area contributed by atoms with E-state index >= 15 is 0 Å². The zero-order valence-electron chi connectivity index (χ0n) is 45.6. The molecule has 0 spiro atoms. The van der Waals surface area contributed by atoms with E-state index in [0.29, 0.717) is 19.4 Å². The Morgan fingerprint density at radius 3 is 1.31 bits per heavy atom. The first-order valence-electron chi connectivity index (χ1n) is 23.6. The van der Waals surface area contributed by atoms with Crippen LogP contribution in [-0.2, 0) is 103 Å². The fraction of sp³-hybridized carbons (Fsp3) is 0.739. The Morgan fingerprint density at radius 1 is 0.587 bits per heavy atom.